The number of hydrogen-bond donors (Lipinski definition) is 1. The van der Waals surface area contributed by atoms with Crippen molar-refractivity contribution in [1.29, 1.82) is 0 Å². The summed E-state index contributed by atoms with van der Waals surface area (Å²) >= 11 is 0. The maximum Gasteiger partial charge on any atom is 0.374 e. The molecular formula is C21H23NO3. The average Bonchev–Trinajstić information content (AvgIpc) is 2.97. The number of nitrogens with two attached hydrogens (primary N) is 1. The second kappa shape index (κ2) is 8.08. The minimum atomic E-state index is -0.727. The monoisotopic (exact) mass is 337 g/mol. The number of esters is 1. The largest absolute Gasteiger partial charge is 0.459 e. The molecule has 0 saturated carbocycles. The Kier molecular flexibility index (Phi) is 5.61. The average molecular weight is 337 g/mol. The number of hydrogen-bond acceptors (Lipinski definition) is 4. The highest BCUT2D eigenvalue weighted by Gasteiger charge is 2.29. The van der Waals surface area contributed by atoms with E-state index in [1.54, 1.807) is 0 Å². The lowest BCUT2D eigenvalue weighted by Gasteiger charge is -2.13. The van der Waals surface area contributed by atoms with Gasteiger partial charge in [0.1, 0.15) is 6.61 Å². The first-order chi connectivity index (χ1) is 12.2. The van der Waals surface area contributed by atoms with Crippen LogP contribution < -0.4 is 5.73 Å². The highest BCUT2D eigenvalue weighted by atomic mass is 16.5. The lowest BCUT2D eigenvalue weighted by molar-refractivity contribution is -0.154. The van der Waals surface area contributed by atoms with Crippen molar-refractivity contribution in [3.63, 3.8) is 0 Å². The fourth-order valence-electron chi connectivity index (χ4n) is 3.39. The Morgan fingerprint density at radius 3 is 2.08 bits per heavy atom. The minimum Gasteiger partial charge on any atom is -0.459 e. The van der Waals surface area contributed by atoms with Crippen LogP contribution in [0.5, 0.6) is 0 Å². The maximum atomic E-state index is 12.0. The smallest absolute Gasteiger partial charge is 0.374 e. The van der Waals surface area contributed by atoms with Crippen LogP contribution in [-0.4, -0.2) is 24.9 Å². The summed E-state index contributed by atoms with van der Waals surface area (Å²) in [7, 11) is 0. The molecular weight excluding hydrogens is 314 g/mol. The van der Waals surface area contributed by atoms with Gasteiger partial charge < -0.3 is 10.5 Å². The van der Waals surface area contributed by atoms with Gasteiger partial charge in [0.15, 0.2) is 0 Å². The lowest BCUT2D eigenvalue weighted by Crippen LogP contribution is -2.20. The molecule has 0 atom stereocenters. The van der Waals surface area contributed by atoms with Crippen LogP contribution in [0.4, 0.5) is 0 Å². The van der Waals surface area contributed by atoms with Gasteiger partial charge in [-0.15, -0.1) is 0 Å². The third-order valence-corrected chi connectivity index (χ3v) is 4.68. The molecule has 0 radical (unpaired) electrons. The molecule has 1 aliphatic carbocycles. The summed E-state index contributed by atoms with van der Waals surface area (Å²) in [5, 5.41) is 0. The van der Waals surface area contributed by atoms with Crippen LogP contribution in [0.15, 0.2) is 48.5 Å². The molecule has 4 heteroatoms. The van der Waals surface area contributed by atoms with Crippen LogP contribution in [0.1, 0.15) is 42.7 Å². The number of ether oxygens (including phenoxy) is 1. The van der Waals surface area contributed by atoms with Gasteiger partial charge in [0, 0.05) is 12.3 Å². The van der Waals surface area contributed by atoms with E-state index in [-0.39, 0.29) is 18.9 Å². The van der Waals surface area contributed by atoms with Crippen LogP contribution in [0, 0.1) is 0 Å². The van der Waals surface area contributed by atoms with Crippen molar-refractivity contribution in [2.24, 2.45) is 5.73 Å². The van der Waals surface area contributed by atoms with Crippen LogP contribution >= 0.6 is 0 Å². The van der Waals surface area contributed by atoms with Crippen molar-refractivity contribution in [2.75, 3.05) is 13.2 Å². The van der Waals surface area contributed by atoms with E-state index in [4.69, 9.17) is 10.5 Å². The number of Topliss-reactive ketones (excluding diaryl/α,β-unsaturated/α-hetero) is 1. The van der Waals surface area contributed by atoms with Gasteiger partial charge in [-0.05, 0) is 41.6 Å². The number of fused-ring (bicyclic) bond motifs is 3. The van der Waals surface area contributed by atoms with Crippen molar-refractivity contribution >= 4 is 11.8 Å². The Bertz CT molecular complexity index is 724. The molecule has 0 heterocycles. The fraction of sp³-hybridized carbons (Fsp3) is 0.333. The first-order valence-corrected chi connectivity index (χ1v) is 8.80. The SMILES string of the molecule is NCCCCCC(=O)C(=O)OCC1c2ccccc2-c2ccccc21. The van der Waals surface area contributed by atoms with E-state index >= 15 is 0 Å². The van der Waals surface area contributed by atoms with Gasteiger partial charge >= 0.3 is 5.97 Å². The molecule has 4 nitrogen and oxygen atoms in total. The van der Waals surface area contributed by atoms with E-state index in [0.29, 0.717) is 13.0 Å². The third-order valence-electron chi connectivity index (χ3n) is 4.68. The van der Waals surface area contributed by atoms with Crippen molar-refractivity contribution in [3.05, 3.63) is 59.7 Å². The van der Waals surface area contributed by atoms with Crippen molar-refractivity contribution in [1.82, 2.24) is 0 Å². The van der Waals surface area contributed by atoms with Crippen molar-refractivity contribution in [2.45, 2.75) is 31.6 Å². The van der Waals surface area contributed by atoms with Gasteiger partial charge in [0.25, 0.3) is 0 Å². The summed E-state index contributed by atoms with van der Waals surface area (Å²) in [4.78, 5) is 23.9. The maximum absolute atomic E-state index is 12.0. The first-order valence-electron chi connectivity index (χ1n) is 8.80. The van der Waals surface area contributed by atoms with Gasteiger partial charge in [-0.3, -0.25) is 4.79 Å². The molecule has 130 valence electrons. The Balaban J connectivity index is 1.63. The molecule has 0 spiro atoms. The fourth-order valence-corrected chi connectivity index (χ4v) is 3.39. The summed E-state index contributed by atoms with van der Waals surface area (Å²) in [6.07, 6.45) is 2.65. The second-order valence-electron chi connectivity index (χ2n) is 6.35. The second-order valence-corrected chi connectivity index (χ2v) is 6.35. The normalized spacial score (nSPS) is 12.5. The quantitative estimate of drug-likeness (QED) is 0.455. The van der Waals surface area contributed by atoms with E-state index < -0.39 is 11.8 Å². The number of carbonyl (C=O) groups excluding carboxylic acids is 2. The Morgan fingerprint density at radius 2 is 1.48 bits per heavy atom. The highest BCUT2D eigenvalue weighted by molar-refractivity contribution is 6.33. The van der Waals surface area contributed by atoms with Crippen LogP contribution in [0.2, 0.25) is 0 Å². The van der Waals surface area contributed by atoms with Gasteiger partial charge in [0.05, 0.1) is 0 Å². The summed E-state index contributed by atoms with van der Waals surface area (Å²) in [6.45, 7) is 0.806. The van der Waals surface area contributed by atoms with Crippen LogP contribution in [0.3, 0.4) is 0 Å². The Hall–Kier alpha value is -2.46. The molecule has 2 aromatic rings. The predicted octanol–water partition coefficient (Wildman–Crippen LogP) is 3.43. The lowest BCUT2D eigenvalue weighted by atomic mass is 9.98. The molecule has 0 saturated heterocycles. The summed E-state index contributed by atoms with van der Waals surface area (Å²) in [5.41, 5.74) is 10.1. The number of unbranched alkanes of at least 4 members (excludes halogenated alkanes) is 2. The molecule has 0 fully saturated rings. The first kappa shape index (κ1) is 17.4. The van der Waals surface area contributed by atoms with Gasteiger partial charge in [-0.1, -0.05) is 55.0 Å². The summed E-state index contributed by atoms with van der Waals surface area (Å²) < 4.78 is 5.35. The molecule has 25 heavy (non-hydrogen) atoms. The van der Waals surface area contributed by atoms with Crippen molar-refractivity contribution < 1.29 is 14.3 Å². The van der Waals surface area contributed by atoms with Crippen LogP contribution in [0.25, 0.3) is 11.1 Å². The zero-order valence-corrected chi connectivity index (χ0v) is 14.2. The van der Waals surface area contributed by atoms with E-state index in [9.17, 15) is 9.59 Å². The summed E-state index contributed by atoms with van der Waals surface area (Å²) in [6, 6.07) is 16.3. The molecule has 2 aromatic carbocycles. The topological polar surface area (TPSA) is 69.4 Å². The van der Waals surface area contributed by atoms with Gasteiger partial charge in [-0.2, -0.15) is 0 Å². The Labute approximate surface area is 148 Å². The molecule has 0 unspecified atom stereocenters. The van der Waals surface area contributed by atoms with E-state index in [0.717, 1.165) is 24.0 Å². The number of carbonyl (C=O) groups is 2. The van der Waals surface area contributed by atoms with Gasteiger partial charge in [0.2, 0.25) is 5.78 Å². The van der Waals surface area contributed by atoms with Gasteiger partial charge in [-0.25, -0.2) is 4.79 Å². The third kappa shape index (κ3) is 3.80. The molecule has 0 aliphatic heterocycles. The molecule has 3 rings (SSSR count). The number of benzene rings is 2. The molecule has 0 aromatic heterocycles. The number of ketones is 1. The predicted molar refractivity (Wildman–Crippen MR) is 97.2 cm³/mol. The van der Waals surface area contributed by atoms with Crippen molar-refractivity contribution in [3.8, 4) is 11.1 Å². The van der Waals surface area contributed by atoms with E-state index in [1.165, 1.54) is 11.1 Å². The molecule has 0 bridgehead atoms. The molecule has 0 amide bonds. The standard InChI is InChI=1S/C21H23NO3/c22-13-7-1-2-12-20(23)21(24)25-14-19-17-10-5-3-8-15(17)16-9-4-6-11-18(16)19/h3-6,8-11,19H,1-2,7,12-14,22H2. The Morgan fingerprint density at radius 1 is 0.880 bits per heavy atom. The summed E-state index contributed by atoms with van der Waals surface area (Å²) in [5.74, 6) is -1.19. The zero-order valence-electron chi connectivity index (χ0n) is 14.2. The number of rotatable bonds is 8. The zero-order chi connectivity index (χ0) is 17.6. The van der Waals surface area contributed by atoms with E-state index in [2.05, 4.69) is 24.3 Å². The molecule has 1 aliphatic rings. The van der Waals surface area contributed by atoms with E-state index in [1.807, 2.05) is 24.3 Å². The highest BCUT2D eigenvalue weighted by Crippen LogP contribution is 2.44. The minimum absolute atomic E-state index is 0.0126. The van der Waals surface area contributed by atoms with Crippen LogP contribution in [-0.2, 0) is 14.3 Å². The molecule has 2 N–H and O–H groups in total.